The number of allylic oxidation sites excluding steroid dienone is 1. The van der Waals surface area contributed by atoms with Crippen molar-refractivity contribution < 1.29 is 9.47 Å². The van der Waals surface area contributed by atoms with Gasteiger partial charge in [-0.15, -0.1) is 0 Å². The Morgan fingerprint density at radius 2 is 2.18 bits per heavy atom. The topological polar surface area (TPSA) is 18.5 Å². The number of hydrogen-bond donors (Lipinski definition) is 0. The maximum Gasteiger partial charge on any atom is 0.122 e. The fourth-order valence-electron chi connectivity index (χ4n) is 1.77. The van der Waals surface area contributed by atoms with E-state index in [4.69, 9.17) is 9.47 Å². The van der Waals surface area contributed by atoms with Crippen LogP contribution in [0.3, 0.4) is 0 Å². The van der Waals surface area contributed by atoms with Crippen molar-refractivity contribution in [1.29, 1.82) is 0 Å². The van der Waals surface area contributed by atoms with Crippen molar-refractivity contribution in [3.63, 3.8) is 0 Å². The predicted molar refractivity (Wildman–Crippen MR) is 69.3 cm³/mol. The van der Waals surface area contributed by atoms with Gasteiger partial charge in [0.15, 0.2) is 0 Å². The fourth-order valence-corrected chi connectivity index (χ4v) is 1.77. The number of aryl methyl sites for hydroxylation is 1. The van der Waals surface area contributed by atoms with Gasteiger partial charge in [-0.1, -0.05) is 17.7 Å². The summed E-state index contributed by atoms with van der Waals surface area (Å²) in [4.78, 5) is 0. The monoisotopic (exact) mass is 232 g/mol. The second kappa shape index (κ2) is 5.76. The Morgan fingerprint density at radius 1 is 1.35 bits per heavy atom. The predicted octanol–water partition coefficient (Wildman–Crippen LogP) is 3.49. The number of hydrogen-bond acceptors (Lipinski definition) is 2. The molecule has 2 nitrogen and oxygen atoms in total. The Hall–Kier alpha value is -1.44. The van der Waals surface area contributed by atoms with Crippen LogP contribution in [0.25, 0.3) is 0 Å². The van der Waals surface area contributed by atoms with Crippen molar-refractivity contribution in [2.45, 2.75) is 26.2 Å². The average Bonchev–Trinajstić information content (AvgIpc) is 3.12. The molecular formula is C15H20O2. The first kappa shape index (κ1) is 12.0. The van der Waals surface area contributed by atoms with Crippen molar-refractivity contribution in [2.75, 3.05) is 13.7 Å². The highest BCUT2D eigenvalue weighted by Crippen LogP contribution is 2.30. The van der Waals surface area contributed by atoms with Crippen LogP contribution >= 0.6 is 0 Å². The molecule has 92 valence electrons. The minimum absolute atomic E-state index is 0.790. The standard InChI is InChI=1S/C15H20O2/c1-12-5-8-15(17-11-13-6-7-13)14(10-12)4-3-9-16-2/h3,5,8-10,13H,4,6-7,11H2,1-2H3/b9-3+. The summed E-state index contributed by atoms with van der Waals surface area (Å²) in [5.74, 6) is 1.81. The lowest BCUT2D eigenvalue weighted by Gasteiger charge is -2.10. The molecule has 0 aliphatic heterocycles. The normalized spacial score (nSPS) is 15.2. The molecule has 17 heavy (non-hydrogen) atoms. The molecule has 0 bridgehead atoms. The van der Waals surface area contributed by atoms with Crippen LogP contribution in [0.1, 0.15) is 24.0 Å². The summed E-state index contributed by atoms with van der Waals surface area (Å²) in [6.45, 7) is 2.97. The van der Waals surface area contributed by atoms with Gasteiger partial charge >= 0.3 is 0 Å². The van der Waals surface area contributed by atoms with Crippen LogP contribution in [0.15, 0.2) is 30.5 Å². The third kappa shape index (κ3) is 3.81. The average molecular weight is 232 g/mol. The van der Waals surface area contributed by atoms with Gasteiger partial charge in [-0.2, -0.15) is 0 Å². The summed E-state index contributed by atoms with van der Waals surface area (Å²) in [6.07, 6.45) is 7.23. The molecule has 0 heterocycles. The third-order valence-corrected chi connectivity index (χ3v) is 2.96. The lowest BCUT2D eigenvalue weighted by molar-refractivity contribution is 0.297. The van der Waals surface area contributed by atoms with Gasteiger partial charge in [0.25, 0.3) is 0 Å². The van der Waals surface area contributed by atoms with E-state index in [1.807, 2.05) is 6.08 Å². The maximum atomic E-state index is 5.87. The van der Waals surface area contributed by atoms with Crippen LogP contribution < -0.4 is 4.74 Å². The van der Waals surface area contributed by atoms with Crippen LogP contribution in [0.2, 0.25) is 0 Å². The molecule has 0 aromatic heterocycles. The quantitative estimate of drug-likeness (QED) is 0.699. The minimum Gasteiger partial charge on any atom is -0.505 e. The summed E-state index contributed by atoms with van der Waals surface area (Å²) in [5.41, 5.74) is 2.50. The van der Waals surface area contributed by atoms with Gasteiger partial charge < -0.3 is 9.47 Å². The molecule has 0 spiro atoms. The second-order valence-electron chi connectivity index (χ2n) is 4.68. The van der Waals surface area contributed by atoms with Crippen LogP contribution in [-0.2, 0) is 11.2 Å². The van der Waals surface area contributed by atoms with Gasteiger partial charge in [-0.05, 0) is 49.8 Å². The highest BCUT2D eigenvalue weighted by Gasteiger charge is 2.22. The first-order valence-corrected chi connectivity index (χ1v) is 6.19. The minimum atomic E-state index is 0.790. The molecule has 1 aromatic carbocycles. The van der Waals surface area contributed by atoms with Crippen molar-refractivity contribution in [1.82, 2.24) is 0 Å². The van der Waals surface area contributed by atoms with Gasteiger partial charge in [0.2, 0.25) is 0 Å². The Morgan fingerprint density at radius 3 is 2.88 bits per heavy atom. The van der Waals surface area contributed by atoms with Crippen LogP contribution in [0.5, 0.6) is 5.75 Å². The molecule has 0 N–H and O–H groups in total. The summed E-state index contributed by atoms with van der Waals surface area (Å²) in [6, 6.07) is 6.36. The zero-order valence-electron chi connectivity index (χ0n) is 10.6. The Labute approximate surface area is 103 Å². The van der Waals surface area contributed by atoms with E-state index >= 15 is 0 Å². The lowest BCUT2D eigenvalue weighted by Crippen LogP contribution is -2.01. The van der Waals surface area contributed by atoms with Gasteiger partial charge in [-0.25, -0.2) is 0 Å². The zero-order valence-corrected chi connectivity index (χ0v) is 10.6. The Balaban J connectivity index is 2.02. The SMILES string of the molecule is CO/C=C/Cc1cc(C)ccc1OCC1CC1. The van der Waals surface area contributed by atoms with Crippen LogP contribution in [-0.4, -0.2) is 13.7 Å². The van der Waals surface area contributed by atoms with Gasteiger partial charge in [0.1, 0.15) is 5.75 Å². The number of rotatable bonds is 6. The molecule has 0 amide bonds. The number of methoxy groups -OCH3 is 1. The molecule has 2 rings (SSSR count). The van der Waals surface area contributed by atoms with E-state index in [-0.39, 0.29) is 0 Å². The second-order valence-corrected chi connectivity index (χ2v) is 4.68. The molecule has 0 atom stereocenters. The number of benzene rings is 1. The van der Waals surface area contributed by atoms with E-state index in [1.54, 1.807) is 13.4 Å². The molecule has 0 unspecified atom stereocenters. The zero-order chi connectivity index (χ0) is 12.1. The van der Waals surface area contributed by atoms with Crippen molar-refractivity contribution in [3.05, 3.63) is 41.7 Å². The van der Waals surface area contributed by atoms with E-state index in [0.717, 1.165) is 24.7 Å². The van der Waals surface area contributed by atoms with Gasteiger partial charge in [0.05, 0.1) is 20.0 Å². The summed E-state index contributed by atoms with van der Waals surface area (Å²) in [5, 5.41) is 0. The van der Waals surface area contributed by atoms with Crippen molar-refractivity contribution >= 4 is 0 Å². The summed E-state index contributed by atoms with van der Waals surface area (Å²) < 4.78 is 10.8. The van der Waals surface area contributed by atoms with E-state index < -0.39 is 0 Å². The Bertz CT molecular complexity index is 392. The van der Waals surface area contributed by atoms with E-state index in [2.05, 4.69) is 25.1 Å². The Kier molecular flexibility index (Phi) is 4.08. The molecule has 1 aliphatic carbocycles. The van der Waals surface area contributed by atoms with Crippen molar-refractivity contribution in [2.24, 2.45) is 5.92 Å². The van der Waals surface area contributed by atoms with E-state index in [1.165, 1.54) is 24.0 Å². The van der Waals surface area contributed by atoms with E-state index in [9.17, 15) is 0 Å². The molecule has 0 radical (unpaired) electrons. The largest absolute Gasteiger partial charge is 0.505 e. The molecule has 0 saturated heterocycles. The lowest BCUT2D eigenvalue weighted by atomic mass is 10.1. The molecule has 2 heteroatoms. The molecule has 1 saturated carbocycles. The smallest absolute Gasteiger partial charge is 0.122 e. The number of ether oxygens (including phenoxy) is 2. The summed E-state index contributed by atoms with van der Waals surface area (Å²) in [7, 11) is 1.66. The van der Waals surface area contributed by atoms with Crippen molar-refractivity contribution in [3.8, 4) is 5.75 Å². The highest BCUT2D eigenvalue weighted by molar-refractivity contribution is 5.38. The van der Waals surface area contributed by atoms with Crippen LogP contribution in [0, 0.1) is 12.8 Å². The molecular weight excluding hydrogens is 212 g/mol. The molecule has 1 aromatic rings. The highest BCUT2D eigenvalue weighted by atomic mass is 16.5. The fraction of sp³-hybridized carbons (Fsp3) is 0.467. The van der Waals surface area contributed by atoms with Gasteiger partial charge in [0, 0.05) is 0 Å². The molecule has 1 fully saturated rings. The summed E-state index contributed by atoms with van der Waals surface area (Å²) >= 11 is 0. The van der Waals surface area contributed by atoms with E-state index in [0.29, 0.717) is 0 Å². The maximum absolute atomic E-state index is 5.87. The van der Waals surface area contributed by atoms with Crippen LogP contribution in [0.4, 0.5) is 0 Å². The first-order chi connectivity index (χ1) is 8.29. The third-order valence-electron chi connectivity index (χ3n) is 2.96. The van der Waals surface area contributed by atoms with Gasteiger partial charge in [-0.3, -0.25) is 0 Å². The first-order valence-electron chi connectivity index (χ1n) is 6.19. The molecule has 1 aliphatic rings.